The predicted octanol–water partition coefficient (Wildman–Crippen LogP) is 4.06. The molecule has 0 aliphatic heterocycles. The number of para-hydroxylation sites is 1. The van der Waals surface area contributed by atoms with Gasteiger partial charge in [0.2, 0.25) is 5.91 Å². The summed E-state index contributed by atoms with van der Waals surface area (Å²) in [6.45, 7) is 0.0920. The number of carbonyl (C=O) groups is 1. The van der Waals surface area contributed by atoms with Crippen LogP contribution >= 0.6 is 23.1 Å². The SMILES string of the molecule is O=C(CSCc1cc(=O)n2ccsc2n1)NC(COc1ccccc1F)c1ccccc1. The summed E-state index contributed by atoms with van der Waals surface area (Å²) in [5.74, 6) is 0.133. The van der Waals surface area contributed by atoms with E-state index >= 15 is 0 Å². The maximum Gasteiger partial charge on any atom is 0.258 e. The molecule has 0 saturated heterocycles. The van der Waals surface area contributed by atoms with Gasteiger partial charge in [-0.2, -0.15) is 0 Å². The quantitative estimate of drug-likeness (QED) is 0.400. The first-order valence-electron chi connectivity index (χ1n) is 9.85. The van der Waals surface area contributed by atoms with Crippen molar-refractivity contribution >= 4 is 34.0 Å². The van der Waals surface area contributed by atoms with Crippen LogP contribution in [0.1, 0.15) is 17.3 Å². The third-order valence-corrected chi connectivity index (χ3v) is 6.34. The average molecular weight is 470 g/mol. The fourth-order valence-corrected chi connectivity index (χ4v) is 4.55. The zero-order chi connectivity index (χ0) is 22.3. The van der Waals surface area contributed by atoms with Crippen molar-refractivity contribution in [2.75, 3.05) is 12.4 Å². The molecule has 164 valence electrons. The molecule has 1 unspecified atom stereocenters. The predicted molar refractivity (Wildman–Crippen MR) is 125 cm³/mol. The van der Waals surface area contributed by atoms with Crippen molar-refractivity contribution in [1.82, 2.24) is 14.7 Å². The van der Waals surface area contributed by atoms with E-state index in [1.54, 1.807) is 29.8 Å². The smallest absolute Gasteiger partial charge is 0.258 e. The number of aromatic nitrogens is 2. The lowest BCUT2D eigenvalue weighted by molar-refractivity contribution is -0.119. The first-order valence-corrected chi connectivity index (χ1v) is 11.9. The van der Waals surface area contributed by atoms with Gasteiger partial charge in [0, 0.05) is 23.4 Å². The van der Waals surface area contributed by atoms with Crippen LogP contribution in [0.3, 0.4) is 0 Å². The lowest BCUT2D eigenvalue weighted by Gasteiger charge is -2.20. The maximum absolute atomic E-state index is 13.9. The molecule has 6 nitrogen and oxygen atoms in total. The van der Waals surface area contributed by atoms with E-state index in [2.05, 4.69) is 10.3 Å². The Kier molecular flexibility index (Phi) is 7.18. The van der Waals surface area contributed by atoms with E-state index < -0.39 is 11.9 Å². The molecule has 0 aliphatic carbocycles. The molecule has 32 heavy (non-hydrogen) atoms. The second kappa shape index (κ2) is 10.4. The van der Waals surface area contributed by atoms with Crippen LogP contribution in [0.4, 0.5) is 4.39 Å². The number of carbonyl (C=O) groups excluding carboxylic acids is 1. The highest BCUT2D eigenvalue weighted by Crippen LogP contribution is 2.20. The molecule has 1 amide bonds. The lowest BCUT2D eigenvalue weighted by Crippen LogP contribution is -2.33. The summed E-state index contributed by atoms with van der Waals surface area (Å²) in [4.78, 5) is 29.7. The van der Waals surface area contributed by atoms with Crippen molar-refractivity contribution in [2.24, 2.45) is 0 Å². The summed E-state index contributed by atoms with van der Waals surface area (Å²) in [5, 5.41) is 4.76. The largest absolute Gasteiger partial charge is 0.488 e. The lowest BCUT2D eigenvalue weighted by atomic mass is 10.1. The van der Waals surface area contributed by atoms with Crippen LogP contribution in [0.2, 0.25) is 0 Å². The minimum Gasteiger partial charge on any atom is -0.488 e. The molecule has 0 aliphatic rings. The number of fused-ring (bicyclic) bond motifs is 1. The van der Waals surface area contributed by atoms with E-state index in [4.69, 9.17) is 4.74 Å². The number of benzene rings is 2. The zero-order valence-electron chi connectivity index (χ0n) is 16.9. The zero-order valence-corrected chi connectivity index (χ0v) is 18.6. The molecule has 0 saturated carbocycles. The van der Waals surface area contributed by atoms with Crippen LogP contribution in [0.5, 0.6) is 5.75 Å². The third kappa shape index (κ3) is 5.54. The van der Waals surface area contributed by atoms with Crippen molar-refractivity contribution in [3.63, 3.8) is 0 Å². The molecule has 4 aromatic rings. The first-order chi connectivity index (χ1) is 15.6. The molecule has 1 N–H and O–H groups in total. The summed E-state index contributed by atoms with van der Waals surface area (Å²) in [6.07, 6.45) is 1.69. The number of thiazole rings is 1. The molecule has 2 aromatic heterocycles. The number of nitrogens with one attached hydrogen (secondary N) is 1. The molecule has 9 heteroatoms. The number of hydrogen-bond donors (Lipinski definition) is 1. The highest BCUT2D eigenvalue weighted by molar-refractivity contribution is 7.99. The minimum absolute atomic E-state index is 0.0920. The van der Waals surface area contributed by atoms with Crippen LogP contribution < -0.4 is 15.6 Å². The van der Waals surface area contributed by atoms with Crippen molar-refractivity contribution in [3.8, 4) is 5.75 Å². The fourth-order valence-electron chi connectivity index (χ4n) is 3.09. The molecule has 2 aromatic carbocycles. The molecular weight excluding hydrogens is 449 g/mol. The molecular formula is C23H20FN3O3S2. The van der Waals surface area contributed by atoms with Crippen molar-refractivity contribution in [3.05, 3.63) is 99.7 Å². The van der Waals surface area contributed by atoms with E-state index in [1.165, 1.54) is 39.6 Å². The Labute approximate surface area is 192 Å². The van der Waals surface area contributed by atoms with Gasteiger partial charge in [0.25, 0.3) is 5.56 Å². The molecule has 1 atom stereocenters. The van der Waals surface area contributed by atoms with Gasteiger partial charge in [0.15, 0.2) is 16.5 Å². The molecule has 0 radical (unpaired) electrons. The van der Waals surface area contributed by atoms with Gasteiger partial charge in [-0.15, -0.1) is 23.1 Å². The molecule has 2 heterocycles. The van der Waals surface area contributed by atoms with Crippen LogP contribution in [0.15, 0.2) is 77.0 Å². The number of halogens is 1. The topological polar surface area (TPSA) is 72.7 Å². The van der Waals surface area contributed by atoms with Crippen molar-refractivity contribution < 1.29 is 13.9 Å². The van der Waals surface area contributed by atoms with E-state index in [0.717, 1.165) is 5.56 Å². The van der Waals surface area contributed by atoms with Gasteiger partial charge in [-0.1, -0.05) is 42.5 Å². The van der Waals surface area contributed by atoms with E-state index in [-0.39, 0.29) is 29.6 Å². The van der Waals surface area contributed by atoms with Gasteiger partial charge in [0.05, 0.1) is 17.5 Å². The molecule has 0 spiro atoms. The van der Waals surface area contributed by atoms with Gasteiger partial charge in [-0.25, -0.2) is 9.37 Å². The monoisotopic (exact) mass is 469 g/mol. The van der Waals surface area contributed by atoms with E-state index in [1.807, 2.05) is 30.3 Å². The van der Waals surface area contributed by atoms with Crippen LogP contribution in [0.25, 0.3) is 4.96 Å². The second-order valence-electron chi connectivity index (χ2n) is 6.91. The maximum atomic E-state index is 13.9. The number of hydrogen-bond acceptors (Lipinski definition) is 6. The Morgan fingerprint density at radius 1 is 1.19 bits per heavy atom. The van der Waals surface area contributed by atoms with E-state index in [0.29, 0.717) is 16.4 Å². The standard InChI is InChI=1S/C23H20FN3O3S2/c24-18-8-4-5-9-20(18)30-13-19(16-6-2-1-3-7-16)26-21(28)15-31-14-17-12-22(29)27-10-11-32-23(27)25-17/h1-12,19H,13-15H2,(H,26,28). The van der Waals surface area contributed by atoms with Gasteiger partial charge >= 0.3 is 0 Å². The Bertz CT molecular complexity index is 1260. The van der Waals surface area contributed by atoms with Gasteiger partial charge in [-0.3, -0.25) is 14.0 Å². The fraction of sp³-hybridized carbons (Fsp3) is 0.174. The first kappa shape index (κ1) is 22.0. The Balaban J connectivity index is 1.36. The summed E-state index contributed by atoms with van der Waals surface area (Å²) in [6, 6.07) is 16.6. The summed E-state index contributed by atoms with van der Waals surface area (Å²) >= 11 is 2.76. The van der Waals surface area contributed by atoms with Crippen LogP contribution in [0, 0.1) is 5.82 Å². The average Bonchev–Trinajstić information content (AvgIpc) is 3.27. The van der Waals surface area contributed by atoms with Gasteiger partial charge in [-0.05, 0) is 17.7 Å². The second-order valence-corrected chi connectivity index (χ2v) is 8.76. The van der Waals surface area contributed by atoms with Gasteiger partial charge < -0.3 is 10.1 Å². The normalized spacial score (nSPS) is 11.9. The summed E-state index contributed by atoms with van der Waals surface area (Å²) in [7, 11) is 0. The minimum atomic E-state index is -0.452. The highest BCUT2D eigenvalue weighted by Gasteiger charge is 2.17. The van der Waals surface area contributed by atoms with Crippen molar-refractivity contribution in [1.29, 1.82) is 0 Å². The molecule has 0 bridgehead atoms. The third-order valence-electron chi connectivity index (χ3n) is 4.62. The van der Waals surface area contributed by atoms with Crippen LogP contribution in [-0.2, 0) is 10.5 Å². The Hall–Kier alpha value is -3.17. The van der Waals surface area contributed by atoms with E-state index in [9.17, 15) is 14.0 Å². The Morgan fingerprint density at radius 3 is 2.78 bits per heavy atom. The van der Waals surface area contributed by atoms with Gasteiger partial charge in [0.1, 0.15) is 6.61 Å². The highest BCUT2D eigenvalue weighted by atomic mass is 32.2. The number of amides is 1. The summed E-state index contributed by atoms with van der Waals surface area (Å²) in [5.41, 5.74) is 1.36. The molecule has 0 fully saturated rings. The Morgan fingerprint density at radius 2 is 1.97 bits per heavy atom. The number of nitrogens with zero attached hydrogens (tertiary/aromatic N) is 2. The number of rotatable bonds is 9. The van der Waals surface area contributed by atoms with Crippen LogP contribution in [-0.4, -0.2) is 27.7 Å². The molecule has 4 rings (SSSR count). The van der Waals surface area contributed by atoms with Crippen molar-refractivity contribution in [2.45, 2.75) is 11.8 Å². The summed E-state index contributed by atoms with van der Waals surface area (Å²) < 4.78 is 21.0. The number of thioether (sulfide) groups is 1. The number of ether oxygens (including phenoxy) is 1.